The van der Waals surface area contributed by atoms with Gasteiger partial charge < -0.3 is 18.6 Å². The monoisotopic (exact) mass is 1000 g/mol. The first kappa shape index (κ1) is 44.5. The molecule has 15 rings (SSSR count). The van der Waals surface area contributed by atoms with Crippen LogP contribution < -0.4 is 30.5 Å². The minimum atomic E-state index is -3.30. The van der Waals surface area contributed by atoms with Gasteiger partial charge in [-0.3, -0.25) is 0 Å². The van der Waals surface area contributed by atoms with E-state index in [0.29, 0.717) is 0 Å². The van der Waals surface area contributed by atoms with Crippen LogP contribution in [0.3, 0.4) is 0 Å². The van der Waals surface area contributed by atoms with Gasteiger partial charge in [0.05, 0.1) is 0 Å². The highest BCUT2D eigenvalue weighted by Crippen LogP contribution is 2.44. The smallest absolute Gasteiger partial charge is 0.184 e. The molecule has 0 saturated heterocycles. The van der Waals surface area contributed by atoms with E-state index in [9.17, 15) is 0 Å². The van der Waals surface area contributed by atoms with Crippen LogP contribution in [-0.2, 0) is 0 Å². The zero-order valence-electron chi connectivity index (χ0n) is 41.9. The number of rotatable bonds is 9. The summed E-state index contributed by atoms with van der Waals surface area (Å²) in [5, 5.41) is 9.46. The Morgan fingerprint density at radius 1 is 0.273 bits per heavy atom. The molecule has 0 aliphatic carbocycles. The van der Waals surface area contributed by atoms with Gasteiger partial charge in [-0.2, -0.15) is 0 Å². The molecular formula is C72H48N2O2Si. The highest BCUT2D eigenvalue weighted by molar-refractivity contribution is 7.21. The number of furan rings is 2. The third-order valence-corrected chi connectivity index (χ3v) is 20.6. The summed E-state index contributed by atoms with van der Waals surface area (Å²) in [7, 11) is -3.30. The fourth-order valence-corrected chi connectivity index (χ4v) is 17.2. The summed E-state index contributed by atoms with van der Waals surface area (Å²) in [6, 6.07) is 106. The van der Waals surface area contributed by atoms with Gasteiger partial charge in [-0.1, -0.05) is 212 Å². The molecule has 1 aliphatic heterocycles. The molecule has 0 spiro atoms. The molecule has 0 unspecified atom stereocenters. The molecule has 0 saturated carbocycles. The number of anilines is 6. The zero-order chi connectivity index (χ0) is 50.9. The molecule has 3 heterocycles. The first-order valence-electron chi connectivity index (χ1n) is 26.3. The first-order chi connectivity index (χ1) is 38.2. The second-order valence-corrected chi connectivity index (χ2v) is 23.7. The number of hydrogen-bond donors (Lipinski definition) is 0. The van der Waals surface area contributed by atoms with Crippen molar-refractivity contribution in [1.29, 1.82) is 0 Å². The van der Waals surface area contributed by atoms with Crippen molar-refractivity contribution in [3.05, 3.63) is 291 Å². The van der Waals surface area contributed by atoms with Crippen molar-refractivity contribution < 1.29 is 8.83 Å². The molecule has 0 radical (unpaired) electrons. The highest BCUT2D eigenvalue weighted by atomic mass is 28.3. The Labute approximate surface area is 447 Å². The Morgan fingerprint density at radius 2 is 0.662 bits per heavy atom. The second-order valence-electron chi connectivity index (χ2n) is 20.0. The topological polar surface area (TPSA) is 32.8 Å². The Balaban J connectivity index is 0.964. The van der Waals surface area contributed by atoms with Crippen molar-refractivity contribution in [2.45, 2.75) is 0 Å². The minimum Gasteiger partial charge on any atom is -0.456 e. The van der Waals surface area contributed by atoms with Gasteiger partial charge in [0.2, 0.25) is 0 Å². The zero-order valence-corrected chi connectivity index (χ0v) is 42.9. The molecule has 0 bridgehead atoms. The van der Waals surface area contributed by atoms with Crippen molar-refractivity contribution in [2.24, 2.45) is 0 Å². The SMILES string of the molecule is c1ccc(-c2ccc(-c3ccc(N(c4ccc(-c5ccccc5)cc4)c4ccc5c(c4)N(c4ccccc4)c4ccccc4[Si]5(c4ccc5c(c4)oc4ccccc45)c4ccc5c(c4)oc4ccccc45)cc3)cc2)cc1. The normalized spacial score (nSPS) is 12.8. The molecule has 2 aromatic heterocycles. The lowest BCUT2D eigenvalue weighted by molar-refractivity contribution is 0.669. The van der Waals surface area contributed by atoms with Crippen molar-refractivity contribution >= 4 is 107 Å². The van der Waals surface area contributed by atoms with E-state index in [1.54, 1.807) is 0 Å². The molecule has 0 amide bonds. The lowest BCUT2D eigenvalue weighted by Gasteiger charge is -2.45. The van der Waals surface area contributed by atoms with Crippen LogP contribution in [0.2, 0.25) is 0 Å². The van der Waals surface area contributed by atoms with Crippen molar-refractivity contribution in [1.82, 2.24) is 0 Å². The highest BCUT2D eigenvalue weighted by Gasteiger charge is 2.49. The van der Waals surface area contributed by atoms with Crippen molar-refractivity contribution in [3.63, 3.8) is 0 Å². The second kappa shape index (κ2) is 18.2. The number of fused-ring (bicyclic) bond motifs is 8. The summed E-state index contributed by atoms with van der Waals surface area (Å²) in [6.07, 6.45) is 0. The number of nitrogens with zero attached hydrogens (tertiary/aromatic N) is 2. The lowest BCUT2D eigenvalue weighted by atomic mass is 10.00. The summed E-state index contributed by atoms with van der Waals surface area (Å²) < 4.78 is 13.5. The average Bonchev–Trinajstić information content (AvgIpc) is 4.08. The molecule has 0 atom stereocenters. The summed E-state index contributed by atoms with van der Waals surface area (Å²) in [5.41, 5.74) is 17.1. The molecule has 1 aliphatic rings. The third-order valence-electron chi connectivity index (χ3n) is 15.8. The quantitative estimate of drug-likeness (QED) is 0.135. The standard InChI is InChI=1S/C72H48N2O2Si/c1-4-16-49(17-5-1)51-28-30-52(31-29-51)54-34-38-57(39-35-54)73(56-36-32-53(33-37-56)50-18-6-2-7-19-50)58-40-45-72-66(46-58)74(55-20-8-3-9-21-55)65-24-12-15-27-71(65)77(72,59-41-43-63-61-22-10-13-25-67(61)75-69(63)47-59)60-42-44-64-62-23-11-14-26-68(62)76-70(64)48-60/h1-48H. The fraction of sp³-hybridized carbons (Fsp3) is 0. The maximum atomic E-state index is 6.77. The van der Waals surface area contributed by atoms with Crippen LogP contribution in [0.1, 0.15) is 0 Å². The van der Waals surface area contributed by atoms with Crippen LogP contribution in [0.4, 0.5) is 34.1 Å². The maximum Gasteiger partial charge on any atom is 0.184 e. The van der Waals surface area contributed by atoms with E-state index in [0.717, 1.165) is 83.6 Å². The minimum absolute atomic E-state index is 0.877. The summed E-state index contributed by atoms with van der Waals surface area (Å²) >= 11 is 0. The number of para-hydroxylation sites is 4. The van der Waals surface area contributed by atoms with Crippen LogP contribution in [0.15, 0.2) is 300 Å². The number of benzene rings is 12. The first-order valence-corrected chi connectivity index (χ1v) is 28.3. The molecule has 5 heteroatoms. The van der Waals surface area contributed by atoms with Crippen LogP contribution >= 0.6 is 0 Å². The number of hydrogen-bond acceptors (Lipinski definition) is 4. The average molecular weight is 1000 g/mol. The van der Waals surface area contributed by atoms with Crippen LogP contribution in [-0.4, -0.2) is 8.07 Å². The molecule has 0 fully saturated rings. The molecular weight excluding hydrogens is 953 g/mol. The molecule has 0 N–H and O–H groups in total. The Morgan fingerprint density at radius 3 is 1.18 bits per heavy atom. The van der Waals surface area contributed by atoms with Gasteiger partial charge in [0, 0.05) is 55.7 Å². The van der Waals surface area contributed by atoms with Crippen molar-refractivity contribution in [3.8, 4) is 33.4 Å². The molecule has 362 valence electrons. The maximum absolute atomic E-state index is 6.77. The van der Waals surface area contributed by atoms with Gasteiger partial charge in [-0.25, -0.2) is 0 Å². The third kappa shape index (κ3) is 7.35. The van der Waals surface area contributed by atoms with E-state index in [-0.39, 0.29) is 0 Å². The van der Waals surface area contributed by atoms with Gasteiger partial charge in [-0.05, 0) is 133 Å². The molecule has 77 heavy (non-hydrogen) atoms. The Hall–Kier alpha value is -9.94. The van der Waals surface area contributed by atoms with Crippen molar-refractivity contribution in [2.75, 3.05) is 9.80 Å². The molecule has 14 aromatic rings. The van der Waals surface area contributed by atoms with E-state index >= 15 is 0 Å². The van der Waals surface area contributed by atoms with E-state index < -0.39 is 8.07 Å². The summed E-state index contributed by atoms with van der Waals surface area (Å²) in [6.45, 7) is 0. The predicted molar refractivity (Wildman–Crippen MR) is 324 cm³/mol. The lowest BCUT2D eigenvalue weighted by Crippen LogP contribution is -2.77. The van der Waals surface area contributed by atoms with Crippen LogP contribution in [0.5, 0.6) is 0 Å². The van der Waals surface area contributed by atoms with Crippen LogP contribution in [0.25, 0.3) is 77.3 Å². The fourth-order valence-electron chi connectivity index (χ4n) is 12.2. The van der Waals surface area contributed by atoms with Gasteiger partial charge in [0.1, 0.15) is 22.3 Å². The van der Waals surface area contributed by atoms with E-state index in [1.165, 1.54) is 48.6 Å². The predicted octanol–water partition coefficient (Wildman–Crippen LogP) is 17.1. The van der Waals surface area contributed by atoms with E-state index in [4.69, 9.17) is 8.83 Å². The summed E-state index contributed by atoms with van der Waals surface area (Å²) in [4.78, 5) is 4.89. The van der Waals surface area contributed by atoms with E-state index in [1.807, 2.05) is 12.1 Å². The Bertz CT molecular complexity index is 4380. The van der Waals surface area contributed by atoms with E-state index in [2.05, 4.69) is 289 Å². The van der Waals surface area contributed by atoms with Gasteiger partial charge >= 0.3 is 0 Å². The van der Waals surface area contributed by atoms with Crippen LogP contribution in [0, 0.1) is 0 Å². The summed E-state index contributed by atoms with van der Waals surface area (Å²) in [5.74, 6) is 0. The Kier molecular flexibility index (Phi) is 10.5. The van der Waals surface area contributed by atoms with Gasteiger partial charge in [0.25, 0.3) is 0 Å². The van der Waals surface area contributed by atoms with Gasteiger partial charge in [0.15, 0.2) is 8.07 Å². The molecule has 4 nitrogen and oxygen atoms in total. The van der Waals surface area contributed by atoms with Gasteiger partial charge in [-0.15, -0.1) is 0 Å². The largest absolute Gasteiger partial charge is 0.456 e. The molecule has 12 aromatic carbocycles.